The maximum absolute atomic E-state index is 11.1. The Kier molecular flexibility index (Phi) is 2.07. The molecule has 0 spiro atoms. The molecule has 0 fully saturated rings. The summed E-state index contributed by atoms with van der Waals surface area (Å²) in [6, 6.07) is 5.29. The van der Waals surface area contributed by atoms with Gasteiger partial charge in [-0.05, 0) is 12.1 Å². The first-order valence-electron chi connectivity index (χ1n) is 4.22. The van der Waals surface area contributed by atoms with Gasteiger partial charge in [0.2, 0.25) is 0 Å². The maximum Gasteiger partial charge on any atom is 0.252 e. The van der Waals surface area contributed by atoms with Crippen LogP contribution in [0.5, 0.6) is 5.75 Å². The standard InChI is InChI=1S/C11H9NO2/c12-11(13)9-6-3-5-8-4-1-2-7-14-10(8)9/h1-7H,(H2,12,13). The third kappa shape index (κ3) is 1.40. The summed E-state index contributed by atoms with van der Waals surface area (Å²) < 4.78 is 5.30. The number of amides is 1. The first-order chi connectivity index (χ1) is 6.79. The van der Waals surface area contributed by atoms with Gasteiger partial charge in [0, 0.05) is 5.56 Å². The third-order valence-corrected chi connectivity index (χ3v) is 1.96. The molecule has 1 aromatic carbocycles. The fourth-order valence-electron chi connectivity index (χ4n) is 1.32. The highest BCUT2D eigenvalue weighted by atomic mass is 16.5. The summed E-state index contributed by atoms with van der Waals surface area (Å²) in [6.45, 7) is 0. The van der Waals surface area contributed by atoms with E-state index in [-0.39, 0.29) is 0 Å². The van der Waals surface area contributed by atoms with Crippen molar-refractivity contribution in [1.82, 2.24) is 0 Å². The summed E-state index contributed by atoms with van der Waals surface area (Å²) in [5.41, 5.74) is 6.48. The van der Waals surface area contributed by atoms with Crippen LogP contribution in [0.25, 0.3) is 6.08 Å². The van der Waals surface area contributed by atoms with Crippen molar-refractivity contribution in [1.29, 1.82) is 0 Å². The first kappa shape index (κ1) is 8.56. The number of hydrogen-bond donors (Lipinski definition) is 1. The lowest BCUT2D eigenvalue weighted by atomic mass is 10.1. The van der Waals surface area contributed by atoms with Crippen LogP contribution in [0.2, 0.25) is 0 Å². The van der Waals surface area contributed by atoms with E-state index in [9.17, 15) is 4.79 Å². The molecule has 0 aromatic heterocycles. The van der Waals surface area contributed by atoms with Crippen LogP contribution >= 0.6 is 0 Å². The number of allylic oxidation sites excluding steroid dienone is 2. The van der Waals surface area contributed by atoms with Crippen LogP contribution in [0.3, 0.4) is 0 Å². The van der Waals surface area contributed by atoms with Crippen LogP contribution in [0.15, 0.2) is 36.6 Å². The summed E-state index contributed by atoms with van der Waals surface area (Å²) >= 11 is 0. The lowest BCUT2D eigenvalue weighted by Crippen LogP contribution is -2.12. The van der Waals surface area contributed by atoms with E-state index < -0.39 is 5.91 Å². The van der Waals surface area contributed by atoms with Gasteiger partial charge in [0.15, 0.2) is 0 Å². The number of para-hydroxylation sites is 1. The molecule has 3 nitrogen and oxygen atoms in total. The van der Waals surface area contributed by atoms with Gasteiger partial charge >= 0.3 is 0 Å². The van der Waals surface area contributed by atoms with Gasteiger partial charge in [0.05, 0.1) is 11.8 Å². The van der Waals surface area contributed by atoms with E-state index >= 15 is 0 Å². The third-order valence-electron chi connectivity index (χ3n) is 1.96. The van der Waals surface area contributed by atoms with Crippen LogP contribution in [0.4, 0.5) is 0 Å². The molecule has 1 aliphatic heterocycles. The largest absolute Gasteiger partial charge is 0.464 e. The molecule has 0 atom stereocenters. The number of rotatable bonds is 1. The average molecular weight is 187 g/mol. The highest BCUT2D eigenvalue weighted by Gasteiger charge is 2.12. The molecule has 0 aliphatic carbocycles. The van der Waals surface area contributed by atoms with Gasteiger partial charge in [-0.3, -0.25) is 4.79 Å². The van der Waals surface area contributed by atoms with Crippen molar-refractivity contribution in [2.75, 3.05) is 0 Å². The topological polar surface area (TPSA) is 52.3 Å². The zero-order chi connectivity index (χ0) is 9.97. The Hall–Kier alpha value is -2.03. The van der Waals surface area contributed by atoms with Gasteiger partial charge in [-0.15, -0.1) is 0 Å². The fourth-order valence-corrected chi connectivity index (χ4v) is 1.32. The van der Waals surface area contributed by atoms with Crippen molar-refractivity contribution in [3.05, 3.63) is 47.7 Å². The quantitative estimate of drug-likeness (QED) is 0.727. The lowest BCUT2D eigenvalue weighted by molar-refractivity contribution is 0.0998. The van der Waals surface area contributed by atoms with Gasteiger partial charge in [0.25, 0.3) is 5.91 Å². The predicted octanol–water partition coefficient (Wildman–Crippen LogP) is 1.70. The number of ether oxygens (including phenoxy) is 1. The number of primary amides is 1. The van der Waals surface area contributed by atoms with Crippen LogP contribution < -0.4 is 10.5 Å². The van der Waals surface area contributed by atoms with Crippen LogP contribution in [-0.4, -0.2) is 5.91 Å². The summed E-state index contributed by atoms with van der Waals surface area (Å²) in [7, 11) is 0. The Labute approximate surface area is 81.5 Å². The molecule has 0 bridgehead atoms. The second-order valence-corrected chi connectivity index (χ2v) is 2.89. The number of nitrogens with two attached hydrogens (primary N) is 1. The second-order valence-electron chi connectivity index (χ2n) is 2.89. The normalized spacial score (nSPS) is 12.9. The Morgan fingerprint density at radius 2 is 2.14 bits per heavy atom. The molecule has 1 aliphatic rings. The first-order valence-corrected chi connectivity index (χ1v) is 4.22. The Bertz CT molecular complexity index is 433. The molecule has 70 valence electrons. The van der Waals surface area contributed by atoms with Crippen molar-refractivity contribution in [3.63, 3.8) is 0 Å². The number of carbonyl (C=O) groups is 1. The molecule has 0 saturated carbocycles. The molecule has 0 saturated heterocycles. The molecule has 14 heavy (non-hydrogen) atoms. The summed E-state index contributed by atoms with van der Waals surface area (Å²) in [4.78, 5) is 11.1. The van der Waals surface area contributed by atoms with Gasteiger partial charge < -0.3 is 10.5 Å². The minimum absolute atomic E-state index is 0.402. The highest BCUT2D eigenvalue weighted by Crippen LogP contribution is 2.26. The summed E-state index contributed by atoms with van der Waals surface area (Å²) in [5, 5.41) is 0. The summed E-state index contributed by atoms with van der Waals surface area (Å²) in [6.07, 6.45) is 6.99. The Morgan fingerprint density at radius 1 is 1.29 bits per heavy atom. The monoisotopic (exact) mass is 187 g/mol. The van der Waals surface area contributed by atoms with E-state index in [2.05, 4.69) is 0 Å². The zero-order valence-corrected chi connectivity index (χ0v) is 7.44. The molecular weight excluding hydrogens is 178 g/mol. The lowest BCUT2D eigenvalue weighted by Gasteiger charge is -2.07. The Morgan fingerprint density at radius 3 is 2.93 bits per heavy atom. The van der Waals surface area contributed by atoms with Gasteiger partial charge in [-0.2, -0.15) is 0 Å². The van der Waals surface area contributed by atoms with Gasteiger partial charge in [-0.25, -0.2) is 0 Å². The number of hydrogen-bond acceptors (Lipinski definition) is 2. The van der Waals surface area contributed by atoms with Crippen molar-refractivity contribution < 1.29 is 9.53 Å². The van der Waals surface area contributed by atoms with Crippen molar-refractivity contribution in [3.8, 4) is 5.75 Å². The smallest absolute Gasteiger partial charge is 0.252 e. The predicted molar refractivity (Wildman–Crippen MR) is 53.8 cm³/mol. The average Bonchev–Trinajstić information content (AvgIpc) is 2.41. The Balaban J connectivity index is 2.61. The maximum atomic E-state index is 11.1. The molecule has 0 unspecified atom stereocenters. The molecule has 1 heterocycles. The number of benzene rings is 1. The molecule has 2 N–H and O–H groups in total. The summed E-state index contributed by atoms with van der Waals surface area (Å²) in [5.74, 6) is 0.0375. The van der Waals surface area contributed by atoms with Crippen LogP contribution in [0, 0.1) is 0 Å². The van der Waals surface area contributed by atoms with E-state index in [1.54, 1.807) is 18.2 Å². The van der Waals surface area contributed by atoms with E-state index in [1.165, 1.54) is 6.26 Å². The minimum atomic E-state index is -0.481. The van der Waals surface area contributed by atoms with Crippen molar-refractivity contribution in [2.24, 2.45) is 5.73 Å². The second kappa shape index (κ2) is 3.38. The zero-order valence-electron chi connectivity index (χ0n) is 7.44. The molecule has 1 amide bonds. The van der Waals surface area contributed by atoms with Crippen molar-refractivity contribution in [2.45, 2.75) is 0 Å². The minimum Gasteiger partial charge on any atom is -0.464 e. The molecule has 2 rings (SSSR count). The molecular formula is C11H9NO2. The van der Waals surface area contributed by atoms with Crippen LogP contribution in [-0.2, 0) is 0 Å². The molecule has 0 radical (unpaired) electrons. The highest BCUT2D eigenvalue weighted by molar-refractivity contribution is 5.97. The van der Waals surface area contributed by atoms with Gasteiger partial charge in [0.1, 0.15) is 5.75 Å². The molecule has 3 heteroatoms. The van der Waals surface area contributed by atoms with E-state index in [0.29, 0.717) is 11.3 Å². The van der Waals surface area contributed by atoms with Crippen LogP contribution in [0.1, 0.15) is 15.9 Å². The van der Waals surface area contributed by atoms with E-state index in [4.69, 9.17) is 10.5 Å². The number of carbonyl (C=O) groups excluding carboxylic acids is 1. The van der Waals surface area contributed by atoms with E-state index in [1.807, 2.05) is 18.2 Å². The van der Waals surface area contributed by atoms with Gasteiger partial charge in [-0.1, -0.05) is 24.3 Å². The molecule has 1 aromatic rings. The fraction of sp³-hybridized carbons (Fsp3) is 0. The van der Waals surface area contributed by atoms with E-state index in [0.717, 1.165) is 5.56 Å². The SMILES string of the molecule is NC(=O)c1cccc2c1OC=CC=C2. The van der Waals surface area contributed by atoms with Crippen molar-refractivity contribution >= 4 is 12.0 Å². The number of fused-ring (bicyclic) bond motifs is 1.